The summed E-state index contributed by atoms with van der Waals surface area (Å²) in [4.78, 5) is 34.7. The Balaban J connectivity index is 1.41. The Labute approximate surface area is 222 Å². The van der Waals surface area contributed by atoms with Crippen molar-refractivity contribution in [2.45, 2.75) is 44.8 Å². The number of hydroxylamine groups is 1. The van der Waals surface area contributed by atoms with Crippen molar-refractivity contribution in [2.24, 2.45) is 5.92 Å². The largest absolute Gasteiger partial charge is 0.504 e. The third-order valence-electron chi connectivity index (χ3n) is 7.03. The monoisotopic (exact) mass is 516 g/mol. The number of amides is 2. The molecule has 198 valence electrons. The van der Waals surface area contributed by atoms with Crippen LogP contribution < -0.4 is 19.4 Å². The number of aromatic hydroxyl groups is 1. The number of anilines is 2. The number of carbonyl (C=O) groups excluding carboxylic acids is 2. The fraction of sp³-hybridized carbons (Fsp3) is 0.333. The molecule has 2 amide bonds. The van der Waals surface area contributed by atoms with Crippen molar-refractivity contribution in [3.63, 3.8) is 0 Å². The highest BCUT2D eigenvalue weighted by molar-refractivity contribution is 6.23. The van der Waals surface area contributed by atoms with Crippen LogP contribution in [0.1, 0.15) is 44.2 Å². The lowest BCUT2D eigenvalue weighted by atomic mass is 9.90. The maximum atomic E-state index is 13.8. The predicted molar refractivity (Wildman–Crippen MR) is 143 cm³/mol. The van der Waals surface area contributed by atoms with Gasteiger partial charge in [-0.05, 0) is 60.5 Å². The van der Waals surface area contributed by atoms with Crippen LogP contribution in [0.25, 0.3) is 0 Å². The molecule has 2 aliphatic rings. The first-order valence-corrected chi connectivity index (χ1v) is 13.0. The fourth-order valence-corrected chi connectivity index (χ4v) is 5.10. The Hall–Kier alpha value is -4.04. The van der Waals surface area contributed by atoms with E-state index in [1.54, 1.807) is 41.5 Å². The highest BCUT2D eigenvalue weighted by atomic mass is 16.7. The molecule has 38 heavy (non-hydrogen) atoms. The number of benzene rings is 3. The molecule has 2 aliphatic heterocycles. The fourth-order valence-electron chi connectivity index (χ4n) is 5.10. The van der Waals surface area contributed by atoms with Crippen molar-refractivity contribution in [3.8, 4) is 17.2 Å². The van der Waals surface area contributed by atoms with Gasteiger partial charge in [-0.2, -0.15) is 0 Å². The van der Waals surface area contributed by atoms with Gasteiger partial charge in [0, 0.05) is 0 Å². The van der Waals surface area contributed by atoms with Crippen molar-refractivity contribution in [2.75, 3.05) is 23.7 Å². The number of ether oxygens (including phenoxy) is 2. The summed E-state index contributed by atoms with van der Waals surface area (Å²) < 4.78 is 11.1. The molecule has 0 aromatic heterocycles. The van der Waals surface area contributed by atoms with E-state index in [9.17, 15) is 14.7 Å². The SMILES string of the molecule is CCCCCCOc1ccc(N2C(=O)[C@@H]3[C@H](ON(c4ccccc4)[C@H]3c3ccc(O)c(OC)c3)C2=O)cc1. The zero-order chi connectivity index (χ0) is 26.6. The molecule has 8 nitrogen and oxygen atoms in total. The van der Waals surface area contributed by atoms with E-state index in [1.807, 2.05) is 30.3 Å². The van der Waals surface area contributed by atoms with Gasteiger partial charge in [-0.25, -0.2) is 9.96 Å². The second kappa shape index (κ2) is 11.1. The third-order valence-corrected chi connectivity index (χ3v) is 7.03. The number of hydrogen-bond acceptors (Lipinski definition) is 7. The van der Waals surface area contributed by atoms with Crippen LogP contribution in [0.15, 0.2) is 72.8 Å². The molecular formula is C30H32N2O6. The van der Waals surface area contributed by atoms with Crippen LogP contribution in [0.4, 0.5) is 11.4 Å². The molecule has 0 aliphatic carbocycles. The number of rotatable bonds is 10. The topological polar surface area (TPSA) is 88.5 Å². The highest BCUT2D eigenvalue weighted by Crippen LogP contribution is 2.48. The van der Waals surface area contributed by atoms with Gasteiger partial charge < -0.3 is 14.6 Å². The van der Waals surface area contributed by atoms with Crippen LogP contribution in [0.5, 0.6) is 17.2 Å². The first-order valence-electron chi connectivity index (χ1n) is 13.0. The number of methoxy groups -OCH3 is 1. The van der Waals surface area contributed by atoms with Gasteiger partial charge in [0.2, 0.25) is 5.91 Å². The Morgan fingerprint density at radius 2 is 1.66 bits per heavy atom. The molecule has 5 rings (SSSR count). The molecule has 8 heteroatoms. The average Bonchev–Trinajstić information content (AvgIpc) is 3.45. The summed E-state index contributed by atoms with van der Waals surface area (Å²) in [5, 5.41) is 11.8. The van der Waals surface area contributed by atoms with E-state index in [4.69, 9.17) is 14.3 Å². The van der Waals surface area contributed by atoms with Crippen LogP contribution >= 0.6 is 0 Å². The third kappa shape index (κ3) is 4.79. The summed E-state index contributed by atoms with van der Waals surface area (Å²) in [6.45, 7) is 2.80. The van der Waals surface area contributed by atoms with Gasteiger partial charge in [-0.3, -0.25) is 14.4 Å². The minimum atomic E-state index is -0.984. The van der Waals surface area contributed by atoms with Crippen LogP contribution in [0.3, 0.4) is 0 Å². The predicted octanol–water partition coefficient (Wildman–Crippen LogP) is 5.41. The molecule has 0 saturated carbocycles. The smallest absolute Gasteiger partial charge is 0.266 e. The van der Waals surface area contributed by atoms with E-state index < -0.39 is 24.0 Å². The summed E-state index contributed by atoms with van der Waals surface area (Å²) in [7, 11) is 1.46. The number of hydrogen-bond donors (Lipinski definition) is 1. The minimum Gasteiger partial charge on any atom is -0.504 e. The standard InChI is InChI=1S/C30H32N2O6/c1-3-4-5-9-18-37-23-15-13-21(14-16-23)31-29(34)26-27(20-12-17-24(33)25(19-20)36-2)32(38-28(26)30(31)35)22-10-7-6-8-11-22/h6-8,10-17,19,26-28,33H,3-5,9,18H2,1-2H3/t26-,27-,28-/m0/s1. The lowest BCUT2D eigenvalue weighted by Gasteiger charge is -2.29. The molecule has 2 heterocycles. The summed E-state index contributed by atoms with van der Waals surface area (Å²) in [5.74, 6) is -0.582. The van der Waals surface area contributed by atoms with Gasteiger partial charge >= 0.3 is 0 Å². The maximum absolute atomic E-state index is 13.8. The van der Waals surface area contributed by atoms with E-state index in [0.717, 1.165) is 12.8 Å². The molecule has 0 spiro atoms. The van der Waals surface area contributed by atoms with Gasteiger partial charge in [-0.1, -0.05) is 50.5 Å². The lowest BCUT2D eigenvalue weighted by Crippen LogP contribution is -2.37. The van der Waals surface area contributed by atoms with Crippen molar-refractivity contribution in [3.05, 3.63) is 78.4 Å². The van der Waals surface area contributed by atoms with Crippen molar-refractivity contribution in [1.29, 1.82) is 0 Å². The van der Waals surface area contributed by atoms with Crippen molar-refractivity contribution < 1.29 is 29.0 Å². The number of para-hydroxylation sites is 1. The summed E-state index contributed by atoms with van der Waals surface area (Å²) in [6, 6.07) is 20.7. The molecule has 1 N–H and O–H groups in total. The Morgan fingerprint density at radius 3 is 2.37 bits per heavy atom. The molecular weight excluding hydrogens is 484 g/mol. The van der Waals surface area contributed by atoms with Gasteiger partial charge in [0.1, 0.15) is 11.7 Å². The first-order chi connectivity index (χ1) is 18.5. The van der Waals surface area contributed by atoms with Crippen LogP contribution in [-0.2, 0) is 14.4 Å². The Morgan fingerprint density at radius 1 is 0.895 bits per heavy atom. The van der Waals surface area contributed by atoms with Gasteiger partial charge in [-0.15, -0.1) is 0 Å². The molecule has 2 saturated heterocycles. The number of unbranched alkanes of at least 4 members (excludes halogenated alkanes) is 3. The number of fused-ring (bicyclic) bond motifs is 1. The average molecular weight is 517 g/mol. The highest BCUT2D eigenvalue weighted by Gasteiger charge is 2.60. The molecule has 3 atom stereocenters. The normalized spacial score (nSPS) is 20.6. The molecule has 0 unspecified atom stereocenters. The number of phenolic OH excluding ortho intramolecular Hbond substituents is 1. The van der Waals surface area contributed by atoms with Crippen molar-refractivity contribution >= 4 is 23.2 Å². The summed E-state index contributed by atoms with van der Waals surface area (Å²) in [6.07, 6.45) is 3.48. The maximum Gasteiger partial charge on any atom is 0.266 e. The second-order valence-corrected chi connectivity index (χ2v) is 9.50. The van der Waals surface area contributed by atoms with Crippen LogP contribution in [-0.4, -0.2) is 36.7 Å². The molecule has 3 aromatic rings. The van der Waals surface area contributed by atoms with Gasteiger partial charge in [0.25, 0.3) is 5.91 Å². The quantitative estimate of drug-likeness (QED) is 0.285. The molecule has 0 bridgehead atoms. The Kier molecular flexibility index (Phi) is 7.51. The van der Waals surface area contributed by atoms with Crippen LogP contribution in [0, 0.1) is 5.92 Å². The number of phenols is 1. The Bertz CT molecular complexity index is 1280. The number of nitrogens with zero attached hydrogens (tertiary/aromatic N) is 2. The zero-order valence-electron chi connectivity index (χ0n) is 21.6. The molecule has 0 radical (unpaired) electrons. The minimum absolute atomic E-state index is 0.0129. The molecule has 2 fully saturated rings. The summed E-state index contributed by atoms with van der Waals surface area (Å²) in [5.41, 5.74) is 1.88. The van der Waals surface area contributed by atoms with E-state index in [1.165, 1.54) is 30.9 Å². The summed E-state index contributed by atoms with van der Waals surface area (Å²) >= 11 is 0. The second-order valence-electron chi connectivity index (χ2n) is 9.50. The van der Waals surface area contributed by atoms with Crippen molar-refractivity contribution in [1.82, 2.24) is 0 Å². The van der Waals surface area contributed by atoms with E-state index in [0.29, 0.717) is 29.3 Å². The van der Waals surface area contributed by atoms with E-state index >= 15 is 0 Å². The number of imide groups is 1. The van der Waals surface area contributed by atoms with Gasteiger partial charge in [0.15, 0.2) is 17.6 Å². The first kappa shape index (κ1) is 25.6. The zero-order valence-corrected chi connectivity index (χ0v) is 21.6. The number of carbonyl (C=O) groups is 2. The molecule has 3 aromatic carbocycles. The lowest BCUT2D eigenvalue weighted by molar-refractivity contribution is -0.126. The van der Waals surface area contributed by atoms with Gasteiger partial charge in [0.05, 0.1) is 31.1 Å². The van der Waals surface area contributed by atoms with Crippen LogP contribution in [0.2, 0.25) is 0 Å². The van der Waals surface area contributed by atoms with E-state index in [-0.39, 0.29) is 17.4 Å². The van der Waals surface area contributed by atoms with E-state index in [2.05, 4.69) is 6.92 Å².